The van der Waals surface area contributed by atoms with Crippen LogP contribution < -0.4 is 5.32 Å². The fourth-order valence-corrected chi connectivity index (χ4v) is 3.34. The Bertz CT molecular complexity index is 204. The summed E-state index contributed by atoms with van der Waals surface area (Å²) in [5.74, 6) is 1.41. The fraction of sp³-hybridized carbons (Fsp3) is 1.00. The molecule has 0 bridgehead atoms. The van der Waals surface area contributed by atoms with Crippen LogP contribution >= 0.6 is 0 Å². The third kappa shape index (κ3) is 2.11. The van der Waals surface area contributed by atoms with Crippen molar-refractivity contribution in [2.45, 2.75) is 24.6 Å². The van der Waals surface area contributed by atoms with E-state index in [9.17, 15) is 4.21 Å². The summed E-state index contributed by atoms with van der Waals surface area (Å²) in [5, 5.41) is 3.79. The van der Waals surface area contributed by atoms with Crippen molar-refractivity contribution in [2.75, 3.05) is 25.5 Å². The zero-order valence-corrected chi connectivity index (χ0v) is 8.81. The average molecular weight is 203 g/mol. The predicted molar refractivity (Wildman–Crippen MR) is 53.2 cm³/mol. The summed E-state index contributed by atoms with van der Waals surface area (Å²) < 4.78 is 16.9. The molecule has 0 amide bonds. The molecule has 3 nitrogen and oxygen atoms in total. The maximum atomic E-state index is 11.6. The van der Waals surface area contributed by atoms with Crippen LogP contribution in [-0.2, 0) is 15.5 Å². The molecule has 76 valence electrons. The average Bonchev–Trinajstić information content (AvgIpc) is 2.62. The highest BCUT2D eigenvalue weighted by Crippen LogP contribution is 2.20. The third-order valence-corrected chi connectivity index (χ3v) is 4.75. The van der Waals surface area contributed by atoms with Gasteiger partial charge < -0.3 is 10.1 Å². The summed E-state index contributed by atoms with van der Waals surface area (Å²) in [6.07, 6.45) is 1.13. The standard InChI is InChI=1S/C9H17NO2S/c1-7-4-10-9(6-13(7)11)8-2-3-12-5-8/h7-10H,2-6H2,1H3. The van der Waals surface area contributed by atoms with E-state index < -0.39 is 10.8 Å². The van der Waals surface area contributed by atoms with E-state index in [1.165, 1.54) is 0 Å². The van der Waals surface area contributed by atoms with Gasteiger partial charge in [-0.2, -0.15) is 0 Å². The number of rotatable bonds is 1. The summed E-state index contributed by atoms with van der Waals surface area (Å²) in [4.78, 5) is 0. The summed E-state index contributed by atoms with van der Waals surface area (Å²) in [6, 6.07) is 0.430. The molecule has 2 aliphatic heterocycles. The molecule has 0 aromatic rings. The lowest BCUT2D eigenvalue weighted by Gasteiger charge is -2.30. The normalized spacial score (nSPS) is 46.5. The molecule has 2 fully saturated rings. The first-order chi connectivity index (χ1) is 6.27. The van der Waals surface area contributed by atoms with E-state index in [0.29, 0.717) is 17.2 Å². The van der Waals surface area contributed by atoms with Crippen molar-refractivity contribution in [3.63, 3.8) is 0 Å². The van der Waals surface area contributed by atoms with E-state index in [0.717, 1.165) is 31.9 Å². The maximum absolute atomic E-state index is 11.6. The van der Waals surface area contributed by atoms with Gasteiger partial charge >= 0.3 is 0 Å². The van der Waals surface area contributed by atoms with Crippen LogP contribution in [0.3, 0.4) is 0 Å². The molecule has 2 rings (SSSR count). The Labute approximate surface area is 81.7 Å². The Morgan fingerprint density at radius 3 is 3.00 bits per heavy atom. The van der Waals surface area contributed by atoms with Crippen molar-refractivity contribution in [1.82, 2.24) is 5.32 Å². The van der Waals surface area contributed by atoms with E-state index in [-0.39, 0.29) is 0 Å². The first-order valence-electron chi connectivity index (χ1n) is 4.95. The molecule has 0 aromatic carbocycles. The lowest BCUT2D eigenvalue weighted by molar-refractivity contribution is 0.178. The first-order valence-corrected chi connectivity index (χ1v) is 6.34. The van der Waals surface area contributed by atoms with Crippen molar-refractivity contribution >= 4 is 10.8 Å². The summed E-state index contributed by atoms with van der Waals surface area (Å²) >= 11 is 0. The molecule has 4 atom stereocenters. The van der Waals surface area contributed by atoms with Crippen LogP contribution in [0.15, 0.2) is 0 Å². The summed E-state index contributed by atoms with van der Waals surface area (Å²) in [6.45, 7) is 4.67. The SMILES string of the molecule is CC1CNC(C2CCOC2)CS1=O. The van der Waals surface area contributed by atoms with Crippen molar-refractivity contribution in [3.8, 4) is 0 Å². The van der Waals surface area contributed by atoms with Gasteiger partial charge in [0.05, 0.1) is 6.61 Å². The maximum Gasteiger partial charge on any atom is 0.0510 e. The number of nitrogens with one attached hydrogen (secondary N) is 1. The lowest BCUT2D eigenvalue weighted by Crippen LogP contribution is -2.50. The second-order valence-corrected chi connectivity index (χ2v) is 5.90. The summed E-state index contributed by atoms with van der Waals surface area (Å²) in [7, 11) is -0.629. The number of hydrogen-bond donors (Lipinski definition) is 1. The molecule has 0 radical (unpaired) electrons. The van der Waals surface area contributed by atoms with E-state index in [4.69, 9.17) is 4.74 Å². The van der Waals surface area contributed by atoms with E-state index in [2.05, 4.69) is 5.32 Å². The molecular formula is C9H17NO2S. The van der Waals surface area contributed by atoms with Crippen molar-refractivity contribution in [2.24, 2.45) is 5.92 Å². The Kier molecular flexibility index (Phi) is 3.01. The van der Waals surface area contributed by atoms with Gasteiger partial charge in [0.2, 0.25) is 0 Å². The molecule has 0 saturated carbocycles. The molecule has 4 heteroatoms. The molecule has 0 spiro atoms. The lowest BCUT2D eigenvalue weighted by atomic mass is 10.0. The molecule has 1 N–H and O–H groups in total. The summed E-state index contributed by atoms with van der Waals surface area (Å²) in [5.41, 5.74) is 0. The minimum absolute atomic E-state index is 0.318. The van der Waals surface area contributed by atoms with Gasteiger partial charge in [-0.1, -0.05) is 0 Å². The molecule has 4 unspecified atom stereocenters. The molecule has 2 heterocycles. The monoisotopic (exact) mass is 203 g/mol. The zero-order valence-electron chi connectivity index (χ0n) is 7.99. The van der Waals surface area contributed by atoms with Crippen LogP contribution in [0.1, 0.15) is 13.3 Å². The molecule has 2 aliphatic rings. The predicted octanol–water partition coefficient (Wildman–Crippen LogP) is 0.132. The Morgan fingerprint density at radius 2 is 2.38 bits per heavy atom. The smallest absolute Gasteiger partial charge is 0.0510 e. The third-order valence-electron chi connectivity index (χ3n) is 2.99. The van der Waals surface area contributed by atoms with Crippen LogP contribution in [-0.4, -0.2) is 41.0 Å². The van der Waals surface area contributed by atoms with Gasteiger partial charge in [0.1, 0.15) is 0 Å². The van der Waals surface area contributed by atoms with Crippen LogP contribution in [0.2, 0.25) is 0 Å². The zero-order chi connectivity index (χ0) is 9.26. The minimum atomic E-state index is -0.629. The van der Waals surface area contributed by atoms with Gasteiger partial charge in [-0.3, -0.25) is 4.21 Å². The Hall–Kier alpha value is 0.0700. The number of ether oxygens (including phenoxy) is 1. The van der Waals surface area contributed by atoms with Gasteiger partial charge in [-0.25, -0.2) is 0 Å². The molecular weight excluding hydrogens is 186 g/mol. The highest BCUT2D eigenvalue weighted by atomic mass is 32.2. The Balaban J connectivity index is 1.90. The van der Waals surface area contributed by atoms with Gasteiger partial charge in [-0.05, 0) is 13.3 Å². The van der Waals surface area contributed by atoms with Gasteiger partial charge in [0.25, 0.3) is 0 Å². The van der Waals surface area contributed by atoms with Crippen molar-refractivity contribution in [3.05, 3.63) is 0 Å². The first kappa shape index (κ1) is 9.62. The second-order valence-electron chi connectivity index (χ2n) is 4.00. The fourth-order valence-electron chi connectivity index (χ4n) is 1.98. The van der Waals surface area contributed by atoms with E-state index in [1.807, 2.05) is 6.92 Å². The van der Waals surface area contributed by atoms with Crippen LogP contribution in [0.5, 0.6) is 0 Å². The highest BCUT2D eigenvalue weighted by Gasteiger charge is 2.31. The minimum Gasteiger partial charge on any atom is -0.381 e. The second kappa shape index (κ2) is 4.07. The topological polar surface area (TPSA) is 38.3 Å². The number of hydrogen-bond acceptors (Lipinski definition) is 3. The van der Waals surface area contributed by atoms with Crippen molar-refractivity contribution < 1.29 is 8.95 Å². The molecule has 2 saturated heterocycles. The van der Waals surface area contributed by atoms with E-state index >= 15 is 0 Å². The van der Waals surface area contributed by atoms with Gasteiger partial charge in [-0.15, -0.1) is 0 Å². The molecule has 13 heavy (non-hydrogen) atoms. The van der Waals surface area contributed by atoms with Crippen LogP contribution in [0.25, 0.3) is 0 Å². The highest BCUT2D eigenvalue weighted by molar-refractivity contribution is 7.85. The van der Waals surface area contributed by atoms with Gasteiger partial charge in [0.15, 0.2) is 0 Å². The largest absolute Gasteiger partial charge is 0.381 e. The quantitative estimate of drug-likeness (QED) is 0.658. The van der Waals surface area contributed by atoms with Crippen LogP contribution in [0, 0.1) is 5.92 Å². The molecule has 0 aromatic heterocycles. The van der Waals surface area contributed by atoms with E-state index in [1.54, 1.807) is 0 Å². The molecule has 0 aliphatic carbocycles. The van der Waals surface area contributed by atoms with Crippen molar-refractivity contribution in [1.29, 1.82) is 0 Å². The Morgan fingerprint density at radius 1 is 1.54 bits per heavy atom. The van der Waals surface area contributed by atoms with Gasteiger partial charge in [0, 0.05) is 46.9 Å². The van der Waals surface area contributed by atoms with Crippen LogP contribution in [0.4, 0.5) is 0 Å².